The number of aryl methyl sites for hydroxylation is 1. The molecule has 1 fully saturated rings. The fourth-order valence-electron chi connectivity index (χ4n) is 2.86. The molecule has 122 valence electrons. The molecule has 23 heavy (non-hydrogen) atoms. The molecular formula is C16H20N4O3. The summed E-state index contributed by atoms with van der Waals surface area (Å²) in [6.45, 7) is 3.44. The third-order valence-corrected chi connectivity index (χ3v) is 3.96. The molecule has 0 saturated carbocycles. The van der Waals surface area contributed by atoms with Gasteiger partial charge in [-0.25, -0.2) is 0 Å². The number of aromatic nitrogens is 2. The van der Waals surface area contributed by atoms with Crippen molar-refractivity contribution < 1.29 is 14.4 Å². The maximum atomic E-state index is 12.0. The number of β-amino-alcohol motifs (C(OH)–C–C–N with tert-alkyl or cyclic N) is 1. The predicted octanol–water partition coefficient (Wildman–Crippen LogP) is 0.743. The van der Waals surface area contributed by atoms with Crippen molar-refractivity contribution >= 4 is 5.91 Å². The summed E-state index contributed by atoms with van der Waals surface area (Å²) < 4.78 is 4.80. The molecular weight excluding hydrogens is 296 g/mol. The standard InChI is InChI=1S/C16H20N4O3/c1-11-18-15(19-23-11)16(22)17-8-13-7-14(21)10-20(13)9-12-5-3-2-4-6-12/h2-6,13-14,21H,7-10H2,1H3,(H,17,22). The first-order chi connectivity index (χ1) is 11.1. The van der Waals surface area contributed by atoms with Crippen LogP contribution in [0.3, 0.4) is 0 Å². The van der Waals surface area contributed by atoms with Crippen molar-refractivity contribution in [1.29, 1.82) is 0 Å². The Morgan fingerprint density at radius 2 is 2.22 bits per heavy atom. The van der Waals surface area contributed by atoms with Crippen LogP contribution in [-0.4, -0.2) is 51.3 Å². The van der Waals surface area contributed by atoms with E-state index in [4.69, 9.17) is 4.52 Å². The largest absolute Gasteiger partial charge is 0.392 e. The Morgan fingerprint density at radius 3 is 2.91 bits per heavy atom. The lowest BCUT2D eigenvalue weighted by Gasteiger charge is -2.24. The summed E-state index contributed by atoms with van der Waals surface area (Å²) in [6, 6.07) is 10.2. The second-order valence-corrected chi connectivity index (χ2v) is 5.81. The molecule has 0 spiro atoms. The van der Waals surface area contributed by atoms with Gasteiger partial charge in [-0.1, -0.05) is 35.5 Å². The Kier molecular flexibility index (Phi) is 4.68. The molecule has 0 radical (unpaired) electrons. The molecule has 2 unspecified atom stereocenters. The van der Waals surface area contributed by atoms with E-state index in [0.717, 1.165) is 6.54 Å². The zero-order chi connectivity index (χ0) is 16.2. The molecule has 2 heterocycles. The minimum absolute atomic E-state index is 0.0376. The molecule has 7 heteroatoms. The lowest BCUT2D eigenvalue weighted by atomic mass is 10.1. The van der Waals surface area contributed by atoms with Crippen LogP contribution in [0.1, 0.15) is 28.5 Å². The molecule has 7 nitrogen and oxygen atoms in total. The van der Waals surface area contributed by atoms with Crippen LogP contribution in [0.15, 0.2) is 34.9 Å². The molecule has 1 aliphatic rings. The van der Waals surface area contributed by atoms with Crippen molar-refractivity contribution in [3.63, 3.8) is 0 Å². The second-order valence-electron chi connectivity index (χ2n) is 5.81. The minimum atomic E-state index is -0.368. The molecule has 3 rings (SSSR count). The number of hydrogen-bond donors (Lipinski definition) is 2. The number of nitrogens with zero attached hydrogens (tertiary/aromatic N) is 3. The van der Waals surface area contributed by atoms with E-state index in [1.807, 2.05) is 18.2 Å². The van der Waals surface area contributed by atoms with Crippen molar-refractivity contribution in [1.82, 2.24) is 20.4 Å². The van der Waals surface area contributed by atoms with E-state index in [1.165, 1.54) is 5.56 Å². The summed E-state index contributed by atoms with van der Waals surface area (Å²) >= 11 is 0. The lowest BCUT2D eigenvalue weighted by molar-refractivity contribution is 0.0926. The van der Waals surface area contributed by atoms with E-state index in [2.05, 4.69) is 32.5 Å². The maximum absolute atomic E-state index is 12.0. The summed E-state index contributed by atoms with van der Waals surface area (Å²) in [5.74, 6) is 0.0377. The third-order valence-electron chi connectivity index (χ3n) is 3.96. The smallest absolute Gasteiger partial charge is 0.292 e. The van der Waals surface area contributed by atoms with Gasteiger partial charge in [0.15, 0.2) is 0 Å². The van der Waals surface area contributed by atoms with Crippen molar-refractivity contribution in [2.45, 2.75) is 32.0 Å². The fraction of sp³-hybridized carbons (Fsp3) is 0.438. The molecule has 1 aliphatic heterocycles. The van der Waals surface area contributed by atoms with Crippen molar-refractivity contribution in [2.75, 3.05) is 13.1 Å². The Bertz CT molecular complexity index is 658. The van der Waals surface area contributed by atoms with Gasteiger partial charge in [0.1, 0.15) is 0 Å². The number of carbonyl (C=O) groups excluding carboxylic acids is 1. The average molecular weight is 316 g/mol. The van der Waals surface area contributed by atoms with Crippen molar-refractivity contribution in [2.24, 2.45) is 0 Å². The molecule has 1 amide bonds. The van der Waals surface area contributed by atoms with E-state index in [-0.39, 0.29) is 23.9 Å². The number of aliphatic hydroxyl groups is 1. The van der Waals surface area contributed by atoms with Crippen LogP contribution in [0.5, 0.6) is 0 Å². The Labute approximate surface area is 134 Å². The molecule has 0 aliphatic carbocycles. The number of aliphatic hydroxyl groups excluding tert-OH is 1. The number of carbonyl (C=O) groups is 1. The average Bonchev–Trinajstić information content (AvgIpc) is 3.12. The molecule has 0 bridgehead atoms. The number of amides is 1. The van der Waals surface area contributed by atoms with Gasteiger partial charge in [0.05, 0.1) is 6.10 Å². The quantitative estimate of drug-likeness (QED) is 0.845. The lowest BCUT2D eigenvalue weighted by Crippen LogP contribution is -2.40. The highest BCUT2D eigenvalue weighted by atomic mass is 16.5. The Morgan fingerprint density at radius 1 is 1.43 bits per heavy atom. The van der Waals surface area contributed by atoms with E-state index in [9.17, 15) is 9.90 Å². The molecule has 1 aromatic carbocycles. The topological polar surface area (TPSA) is 91.5 Å². The van der Waals surface area contributed by atoms with E-state index in [1.54, 1.807) is 6.92 Å². The SMILES string of the molecule is Cc1nc(C(=O)NCC2CC(O)CN2Cc2ccccc2)no1. The second kappa shape index (κ2) is 6.89. The van der Waals surface area contributed by atoms with Crippen LogP contribution < -0.4 is 5.32 Å². The van der Waals surface area contributed by atoms with Gasteiger partial charge in [-0.15, -0.1) is 0 Å². The number of benzene rings is 1. The summed E-state index contributed by atoms with van der Waals surface area (Å²) in [7, 11) is 0. The predicted molar refractivity (Wildman–Crippen MR) is 82.6 cm³/mol. The molecule has 2 atom stereocenters. The van der Waals surface area contributed by atoms with Gasteiger partial charge >= 0.3 is 0 Å². The van der Waals surface area contributed by atoms with Crippen LogP contribution >= 0.6 is 0 Å². The van der Waals surface area contributed by atoms with Gasteiger partial charge in [0.25, 0.3) is 11.7 Å². The van der Waals surface area contributed by atoms with Gasteiger partial charge < -0.3 is 14.9 Å². The zero-order valence-corrected chi connectivity index (χ0v) is 13.0. The minimum Gasteiger partial charge on any atom is -0.392 e. The Hall–Kier alpha value is -2.25. The van der Waals surface area contributed by atoms with Gasteiger partial charge in [-0.05, 0) is 12.0 Å². The number of rotatable bonds is 5. The first-order valence-electron chi connectivity index (χ1n) is 7.66. The van der Waals surface area contributed by atoms with Crippen LogP contribution in [0.2, 0.25) is 0 Å². The van der Waals surface area contributed by atoms with Crippen molar-refractivity contribution in [3.8, 4) is 0 Å². The van der Waals surface area contributed by atoms with Crippen molar-refractivity contribution in [3.05, 3.63) is 47.6 Å². The normalized spacial score (nSPS) is 21.5. The highest BCUT2D eigenvalue weighted by Crippen LogP contribution is 2.20. The highest BCUT2D eigenvalue weighted by Gasteiger charge is 2.31. The molecule has 2 aromatic rings. The van der Waals surface area contributed by atoms with Gasteiger partial charge in [0, 0.05) is 32.6 Å². The molecule has 1 aromatic heterocycles. The first kappa shape index (κ1) is 15.6. The maximum Gasteiger partial charge on any atom is 0.292 e. The fourth-order valence-corrected chi connectivity index (χ4v) is 2.86. The highest BCUT2D eigenvalue weighted by molar-refractivity contribution is 5.90. The van der Waals surface area contributed by atoms with Gasteiger partial charge in [0.2, 0.25) is 5.89 Å². The zero-order valence-electron chi connectivity index (χ0n) is 13.0. The summed E-state index contributed by atoms with van der Waals surface area (Å²) in [5, 5.41) is 16.4. The molecule has 2 N–H and O–H groups in total. The number of hydrogen-bond acceptors (Lipinski definition) is 6. The number of likely N-dealkylation sites (tertiary alicyclic amines) is 1. The summed E-state index contributed by atoms with van der Waals surface area (Å²) in [5.41, 5.74) is 1.19. The van der Waals surface area contributed by atoms with E-state index in [0.29, 0.717) is 25.4 Å². The van der Waals surface area contributed by atoms with Crippen LogP contribution in [0.25, 0.3) is 0 Å². The molecule has 1 saturated heterocycles. The van der Waals surface area contributed by atoms with E-state index >= 15 is 0 Å². The number of nitrogens with one attached hydrogen (secondary N) is 1. The van der Waals surface area contributed by atoms with E-state index < -0.39 is 0 Å². The van der Waals surface area contributed by atoms with Crippen LogP contribution in [0.4, 0.5) is 0 Å². The summed E-state index contributed by atoms with van der Waals surface area (Å²) in [6.07, 6.45) is 0.270. The summed E-state index contributed by atoms with van der Waals surface area (Å²) in [4.78, 5) is 18.1. The van der Waals surface area contributed by atoms with Crippen LogP contribution in [0, 0.1) is 6.92 Å². The van der Waals surface area contributed by atoms with Gasteiger partial charge in [-0.3, -0.25) is 9.69 Å². The monoisotopic (exact) mass is 316 g/mol. The van der Waals surface area contributed by atoms with Gasteiger partial charge in [-0.2, -0.15) is 4.98 Å². The van der Waals surface area contributed by atoms with Crippen LogP contribution in [-0.2, 0) is 6.54 Å². The Balaban J connectivity index is 1.58. The first-order valence-corrected chi connectivity index (χ1v) is 7.66. The third kappa shape index (κ3) is 3.94.